The van der Waals surface area contributed by atoms with Crippen molar-refractivity contribution in [2.75, 3.05) is 29.0 Å². The predicted molar refractivity (Wildman–Crippen MR) is 129 cm³/mol. The lowest BCUT2D eigenvalue weighted by Crippen LogP contribution is -2.45. The van der Waals surface area contributed by atoms with E-state index in [1.54, 1.807) is 36.4 Å². The van der Waals surface area contributed by atoms with Gasteiger partial charge in [0.2, 0.25) is 15.9 Å². The molecule has 3 rings (SSSR count). The van der Waals surface area contributed by atoms with E-state index in [1.165, 1.54) is 6.92 Å². The average molecular weight is 474 g/mol. The van der Waals surface area contributed by atoms with Crippen molar-refractivity contribution in [2.45, 2.75) is 45.8 Å². The summed E-state index contributed by atoms with van der Waals surface area (Å²) >= 11 is 0. The highest BCUT2D eigenvalue weighted by atomic mass is 32.2. The normalized spacial score (nSPS) is 16.8. The van der Waals surface area contributed by atoms with Crippen LogP contribution in [0.5, 0.6) is 0 Å². The Labute approximate surface area is 195 Å². The molecule has 1 aliphatic heterocycles. The minimum absolute atomic E-state index is 0.00293. The molecule has 2 amide bonds. The lowest BCUT2D eigenvalue weighted by molar-refractivity contribution is -0.116. The first-order valence-corrected chi connectivity index (χ1v) is 12.8. The summed E-state index contributed by atoms with van der Waals surface area (Å²) in [4.78, 5) is 25.9. The quantitative estimate of drug-likeness (QED) is 0.613. The number of carbonyl (C=O) groups excluding carboxylic acids is 2. The Kier molecular flexibility index (Phi) is 7.76. The largest absolute Gasteiger partial charge is 0.376 e. The van der Waals surface area contributed by atoms with E-state index in [9.17, 15) is 18.0 Å². The van der Waals surface area contributed by atoms with Crippen LogP contribution in [0.2, 0.25) is 0 Å². The third-order valence-corrected chi connectivity index (χ3v) is 6.73. The number of benzene rings is 2. The lowest BCUT2D eigenvalue weighted by Gasteiger charge is -2.29. The van der Waals surface area contributed by atoms with Gasteiger partial charge in [-0.1, -0.05) is 18.2 Å². The molecule has 8 nitrogen and oxygen atoms in total. The highest BCUT2D eigenvalue weighted by Gasteiger charge is 2.30. The van der Waals surface area contributed by atoms with Gasteiger partial charge in [0, 0.05) is 13.2 Å². The molecule has 0 radical (unpaired) electrons. The number of nitrogens with one attached hydrogen (secondary N) is 2. The second-order valence-electron chi connectivity index (χ2n) is 8.46. The van der Waals surface area contributed by atoms with Crippen LogP contribution in [0, 0.1) is 13.8 Å². The van der Waals surface area contributed by atoms with Gasteiger partial charge in [-0.25, -0.2) is 8.42 Å². The van der Waals surface area contributed by atoms with E-state index in [0.29, 0.717) is 30.1 Å². The maximum Gasteiger partial charge on any atom is 0.253 e. The SMILES string of the molecule is Cc1cc(C)cc(N([C@H](C)C(=O)Nc2ccccc2C(=O)NC[C@@H]2CCCO2)S(C)(=O)=O)c1. The second-order valence-corrected chi connectivity index (χ2v) is 10.3. The molecule has 2 aromatic carbocycles. The van der Waals surface area contributed by atoms with Gasteiger partial charge >= 0.3 is 0 Å². The summed E-state index contributed by atoms with van der Waals surface area (Å²) < 4.78 is 31.9. The Morgan fingerprint density at radius 1 is 1.15 bits per heavy atom. The number of amides is 2. The fourth-order valence-corrected chi connectivity index (χ4v) is 5.18. The fourth-order valence-electron chi connectivity index (χ4n) is 4.02. The molecule has 33 heavy (non-hydrogen) atoms. The van der Waals surface area contributed by atoms with E-state index in [0.717, 1.165) is 34.5 Å². The fraction of sp³-hybridized carbons (Fsp3) is 0.417. The van der Waals surface area contributed by atoms with Crippen LogP contribution >= 0.6 is 0 Å². The molecule has 2 atom stereocenters. The Hall–Kier alpha value is -2.91. The Bertz CT molecular complexity index is 1110. The van der Waals surface area contributed by atoms with Crippen molar-refractivity contribution >= 4 is 33.2 Å². The van der Waals surface area contributed by atoms with Gasteiger partial charge in [0.1, 0.15) is 6.04 Å². The van der Waals surface area contributed by atoms with Crippen molar-refractivity contribution in [1.29, 1.82) is 0 Å². The first-order chi connectivity index (χ1) is 15.6. The molecule has 0 unspecified atom stereocenters. The molecule has 1 saturated heterocycles. The number of ether oxygens (including phenoxy) is 1. The number of carbonyl (C=O) groups is 2. The number of sulfonamides is 1. The molecule has 0 bridgehead atoms. The van der Waals surface area contributed by atoms with Gasteiger partial charge in [-0.2, -0.15) is 0 Å². The summed E-state index contributed by atoms with van der Waals surface area (Å²) in [5, 5.41) is 5.58. The summed E-state index contributed by atoms with van der Waals surface area (Å²) in [5.41, 5.74) is 2.81. The maximum absolute atomic E-state index is 13.1. The van der Waals surface area contributed by atoms with Gasteiger partial charge in [0.05, 0.1) is 29.3 Å². The summed E-state index contributed by atoms with van der Waals surface area (Å²) in [6.07, 6.45) is 2.94. The van der Waals surface area contributed by atoms with E-state index in [4.69, 9.17) is 4.74 Å². The van der Waals surface area contributed by atoms with Crippen LogP contribution in [-0.4, -0.2) is 51.8 Å². The number of hydrogen-bond acceptors (Lipinski definition) is 5. The van der Waals surface area contributed by atoms with Crippen LogP contribution in [0.4, 0.5) is 11.4 Å². The summed E-state index contributed by atoms with van der Waals surface area (Å²) in [6.45, 7) is 6.35. The van der Waals surface area contributed by atoms with Gasteiger partial charge in [-0.15, -0.1) is 0 Å². The van der Waals surface area contributed by atoms with Crippen molar-refractivity contribution in [2.24, 2.45) is 0 Å². The molecule has 1 aliphatic rings. The molecule has 0 saturated carbocycles. The minimum atomic E-state index is -3.75. The van der Waals surface area contributed by atoms with E-state index in [1.807, 2.05) is 19.9 Å². The van der Waals surface area contributed by atoms with Crippen LogP contribution in [0.1, 0.15) is 41.3 Å². The summed E-state index contributed by atoms with van der Waals surface area (Å²) in [7, 11) is -3.75. The van der Waals surface area contributed by atoms with Crippen molar-refractivity contribution in [1.82, 2.24) is 5.32 Å². The van der Waals surface area contributed by atoms with Crippen LogP contribution in [0.15, 0.2) is 42.5 Å². The van der Waals surface area contributed by atoms with Gasteiger partial charge in [-0.05, 0) is 69.0 Å². The number of nitrogens with zero attached hydrogens (tertiary/aromatic N) is 1. The summed E-state index contributed by atoms with van der Waals surface area (Å²) in [6, 6.07) is 11.0. The molecule has 0 aromatic heterocycles. The summed E-state index contributed by atoms with van der Waals surface area (Å²) in [5.74, 6) is -0.873. The number of aryl methyl sites for hydroxylation is 2. The van der Waals surface area contributed by atoms with Crippen molar-refractivity contribution < 1.29 is 22.7 Å². The molecular weight excluding hydrogens is 442 g/mol. The van der Waals surface area contributed by atoms with Gasteiger partial charge in [-0.3, -0.25) is 13.9 Å². The standard InChI is InChI=1S/C24H31N3O5S/c1-16-12-17(2)14-19(13-16)27(33(4,30)31)18(3)23(28)26-22-10-6-5-9-21(22)24(29)25-15-20-8-7-11-32-20/h5-6,9-10,12-14,18,20H,7-8,11,15H2,1-4H3,(H,25,29)(H,26,28)/t18-,20+/m1/s1. The molecule has 2 aromatic rings. The number of para-hydroxylation sites is 1. The smallest absolute Gasteiger partial charge is 0.253 e. The molecular formula is C24H31N3O5S. The molecule has 1 fully saturated rings. The van der Waals surface area contributed by atoms with Crippen molar-refractivity contribution in [3.8, 4) is 0 Å². The van der Waals surface area contributed by atoms with Crippen LogP contribution < -0.4 is 14.9 Å². The monoisotopic (exact) mass is 473 g/mol. The topological polar surface area (TPSA) is 105 Å². The first kappa shape index (κ1) is 24.7. The molecule has 2 N–H and O–H groups in total. The number of anilines is 2. The third kappa shape index (κ3) is 6.33. The lowest BCUT2D eigenvalue weighted by atomic mass is 10.1. The highest BCUT2D eigenvalue weighted by Crippen LogP contribution is 2.25. The van der Waals surface area contributed by atoms with E-state index < -0.39 is 22.0 Å². The van der Waals surface area contributed by atoms with E-state index in [-0.39, 0.29) is 12.0 Å². The van der Waals surface area contributed by atoms with E-state index >= 15 is 0 Å². The molecule has 0 spiro atoms. The second kappa shape index (κ2) is 10.4. The Balaban J connectivity index is 1.80. The van der Waals surface area contributed by atoms with Crippen molar-refractivity contribution in [3.63, 3.8) is 0 Å². The molecule has 9 heteroatoms. The molecule has 0 aliphatic carbocycles. The molecule has 178 valence electrons. The third-order valence-electron chi connectivity index (χ3n) is 5.49. The van der Waals surface area contributed by atoms with Gasteiger partial charge in [0.15, 0.2) is 0 Å². The number of rotatable bonds is 8. The minimum Gasteiger partial charge on any atom is -0.376 e. The van der Waals surface area contributed by atoms with Gasteiger partial charge in [0.25, 0.3) is 5.91 Å². The van der Waals surface area contributed by atoms with Crippen molar-refractivity contribution in [3.05, 3.63) is 59.2 Å². The maximum atomic E-state index is 13.1. The van der Waals surface area contributed by atoms with E-state index in [2.05, 4.69) is 10.6 Å². The van der Waals surface area contributed by atoms with Gasteiger partial charge < -0.3 is 15.4 Å². The van der Waals surface area contributed by atoms with Crippen LogP contribution in [-0.2, 0) is 19.6 Å². The Morgan fingerprint density at radius 2 is 1.82 bits per heavy atom. The zero-order valence-electron chi connectivity index (χ0n) is 19.4. The van der Waals surface area contributed by atoms with Crippen LogP contribution in [0.25, 0.3) is 0 Å². The molecule has 1 heterocycles. The first-order valence-electron chi connectivity index (χ1n) is 10.9. The highest BCUT2D eigenvalue weighted by molar-refractivity contribution is 7.92. The average Bonchev–Trinajstić information content (AvgIpc) is 3.24. The zero-order chi connectivity index (χ0) is 24.2. The zero-order valence-corrected chi connectivity index (χ0v) is 20.2. The number of hydrogen-bond donors (Lipinski definition) is 2. The predicted octanol–water partition coefficient (Wildman–Crippen LogP) is 3.01. The van der Waals surface area contributed by atoms with Crippen LogP contribution in [0.3, 0.4) is 0 Å². The Morgan fingerprint density at radius 3 is 2.42 bits per heavy atom.